The summed E-state index contributed by atoms with van der Waals surface area (Å²) in [5, 5.41) is 10.2. The largest absolute Gasteiger partial charge is 0.495 e. The Morgan fingerprint density at radius 1 is 1.36 bits per heavy atom. The number of aryl methyl sites for hydroxylation is 1. The summed E-state index contributed by atoms with van der Waals surface area (Å²) in [6.07, 6.45) is 0. The number of thioether (sulfide) groups is 1. The monoisotopic (exact) mass is 320 g/mol. The first kappa shape index (κ1) is 16.0. The smallest absolute Gasteiger partial charge is 0.273 e. The SMILES string of the molecule is COc1ccccc1NC(=O)[C@H](C)Sc1nnc(C)c(=O)[nH]1. The van der Waals surface area contributed by atoms with Crippen LogP contribution in [0, 0.1) is 6.92 Å². The molecule has 2 aromatic rings. The van der Waals surface area contributed by atoms with Gasteiger partial charge in [0.25, 0.3) is 5.56 Å². The van der Waals surface area contributed by atoms with Crippen molar-refractivity contribution in [2.75, 3.05) is 12.4 Å². The standard InChI is InChI=1S/C14H16N4O3S/c1-8-12(19)16-14(18-17-8)22-9(2)13(20)15-10-6-4-5-7-11(10)21-3/h4-7,9H,1-3H3,(H,15,20)(H,16,18,19)/t9-/m0/s1. The zero-order chi connectivity index (χ0) is 16.1. The minimum Gasteiger partial charge on any atom is -0.495 e. The highest BCUT2D eigenvalue weighted by molar-refractivity contribution is 8.00. The first-order chi connectivity index (χ1) is 10.5. The van der Waals surface area contributed by atoms with Gasteiger partial charge in [0, 0.05) is 0 Å². The van der Waals surface area contributed by atoms with E-state index in [0.29, 0.717) is 16.6 Å². The van der Waals surface area contributed by atoms with Gasteiger partial charge < -0.3 is 10.1 Å². The van der Waals surface area contributed by atoms with E-state index in [1.807, 2.05) is 6.07 Å². The highest BCUT2D eigenvalue weighted by Crippen LogP contribution is 2.25. The molecule has 0 aliphatic carbocycles. The van der Waals surface area contributed by atoms with Crippen LogP contribution in [0.1, 0.15) is 12.6 Å². The number of aromatic amines is 1. The molecule has 0 saturated heterocycles. The third-order valence-electron chi connectivity index (χ3n) is 2.86. The number of methoxy groups -OCH3 is 1. The van der Waals surface area contributed by atoms with Gasteiger partial charge in [-0.1, -0.05) is 23.9 Å². The molecule has 1 amide bonds. The summed E-state index contributed by atoms with van der Waals surface area (Å²) in [6.45, 7) is 3.29. The van der Waals surface area contributed by atoms with E-state index in [1.165, 1.54) is 7.11 Å². The number of nitrogens with zero attached hydrogens (tertiary/aromatic N) is 2. The van der Waals surface area contributed by atoms with Crippen molar-refractivity contribution in [3.05, 3.63) is 40.3 Å². The average Bonchev–Trinajstić information content (AvgIpc) is 2.51. The van der Waals surface area contributed by atoms with Crippen molar-refractivity contribution in [1.29, 1.82) is 0 Å². The van der Waals surface area contributed by atoms with Gasteiger partial charge in [-0.2, -0.15) is 0 Å². The summed E-state index contributed by atoms with van der Waals surface area (Å²) < 4.78 is 5.18. The van der Waals surface area contributed by atoms with Crippen LogP contribution < -0.4 is 15.6 Å². The van der Waals surface area contributed by atoms with Crippen LogP contribution in [0.4, 0.5) is 5.69 Å². The Morgan fingerprint density at radius 2 is 2.09 bits per heavy atom. The van der Waals surface area contributed by atoms with E-state index in [4.69, 9.17) is 4.74 Å². The molecule has 0 spiro atoms. The predicted molar refractivity (Wildman–Crippen MR) is 84.3 cm³/mol. The van der Waals surface area contributed by atoms with Crippen molar-refractivity contribution < 1.29 is 9.53 Å². The first-order valence-corrected chi connectivity index (χ1v) is 7.43. The van der Waals surface area contributed by atoms with Crippen molar-refractivity contribution in [3.8, 4) is 5.75 Å². The molecule has 2 rings (SSSR count). The van der Waals surface area contributed by atoms with E-state index in [1.54, 1.807) is 32.0 Å². The molecule has 116 valence electrons. The molecule has 8 heteroatoms. The third kappa shape index (κ3) is 3.85. The fourth-order valence-electron chi connectivity index (χ4n) is 1.63. The van der Waals surface area contributed by atoms with Gasteiger partial charge in [0.15, 0.2) is 5.16 Å². The average molecular weight is 320 g/mol. The number of anilines is 1. The Morgan fingerprint density at radius 3 is 2.77 bits per heavy atom. The number of benzene rings is 1. The molecule has 1 aromatic heterocycles. The number of rotatable bonds is 5. The molecule has 7 nitrogen and oxygen atoms in total. The Balaban J connectivity index is 2.05. The van der Waals surface area contributed by atoms with Crippen LogP contribution in [0.25, 0.3) is 0 Å². The summed E-state index contributed by atoms with van der Waals surface area (Å²) in [4.78, 5) is 26.3. The normalized spacial score (nSPS) is 11.8. The number of hydrogen-bond acceptors (Lipinski definition) is 6. The van der Waals surface area contributed by atoms with Gasteiger partial charge in [-0.05, 0) is 26.0 Å². The van der Waals surface area contributed by atoms with E-state index in [2.05, 4.69) is 20.5 Å². The van der Waals surface area contributed by atoms with Crippen LogP contribution in [0.15, 0.2) is 34.2 Å². The second-order valence-electron chi connectivity index (χ2n) is 4.49. The van der Waals surface area contributed by atoms with Crippen LogP contribution in [-0.2, 0) is 4.79 Å². The Bertz CT molecular complexity index is 732. The number of hydrogen-bond donors (Lipinski definition) is 2. The van der Waals surface area contributed by atoms with E-state index in [-0.39, 0.29) is 17.2 Å². The maximum Gasteiger partial charge on any atom is 0.273 e. The molecule has 0 bridgehead atoms. The molecule has 1 atom stereocenters. The summed E-state index contributed by atoms with van der Waals surface area (Å²) >= 11 is 1.13. The number of ether oxygens (including phenoxy) is 1. The molecular weight excluding hydrogens is 304 g/mol. The maximum absolute atomic E-state index is 12.2. The lowest BCUT2D eigenvalue weighted by Crippen LogP contribution is -2.24. The van der Waals surface area contributed by atoms with Gasteiger partial charge in [0.05, 0.1) is 18.0 Å². The molecule has 0 aliphatic rings. The molecule has 1 aromatic carbocycles. The lowest BCUT2D eigenvalue weighted by atomic mass is 10.3. The van der Waals surface area contributed by atoms with Gasteiger partial charge in [0.1, 0.15) is 11.4 Å². The lowest BCUT2D eigenvalue weighted by molar-refractivity contribution is -0.115. The number of carbonyl (C=O) groups excluding carboxylic acids is 1. The fourth-order valence-corrected chi connectivity index (χ4v) is 2.38. The number of amides is 1. The molecule has 0 saturated carbocycles. The van der Waals surface area contributed by atoms with Gasteiger partial charge in [-0.3, -0.25) is 14.6 Å². The van der Waals surface area contributed by atoms with Crippen molar-refractivity contribution in [2.24, 2.45) is 0 Å². The van der Waals surface area contributed by atoms with Crippen LogP contribution in [0.3, 0.4) is 0 Å². The van der Waals surface area contributed by atoms with Gasteiger partial charge in [-0.15, -0.1) is 10.2 Å². The van der Waals surface area contributed by atoms with Gasteiger partial charge >= 0.3 is 0 Å². The first-order valence-electron chi connectivity index (χ1n) is 6.55. The van der Waals surface area contributed by atoms with Crippen molar-refractivity contribution in [3.63, 3.8) is 0 Å². The molecule has 2 N–H and O–H groups in total. The lowest BCUT2D eigenvalue weighted by Gasteiger charge is -2.13. The van der Waals surface area contributed by atoms with Crippen LogP contribution in [0.2, 0.25) is 0 Å². The Hall–Kier alpha value is -2.35. The van der Waals surface area contributed by atoms with Crippen molar-refractivity contribution in [2.45, 2.75) is 24.3 Å². The minimum atomic E-state index is -0.461. The van der Waals surface area contributed by atoms with E-state index in [9.17, 15) is 9.59 Å². The summed E-state index contributed by atoms with van der Waals surface area (Å²) in [6, 6.07) is 7.14. The Kier molecular flexibility index (Phi) is 5.16. The second kappa shape index (κ2) is 7.08. The number of carbonyl (C=O) groups is 1. The predicted octanol–water partition coefficient (Wildman–Crippen LogP) is 1.60. The molecule has 1 heterocycles. The summed E-state index contributed by atoms with van der Waals surface area (Å²) in [7, 11) is 1.54. The third-order valence-corrected chi connectivity index (χ3v) is 3.84. The fraction of sp³-hybridized carbons (Fsp3) is 0.286. The molecule has 0 radical (unpaired) electrons. The zero-order valence-electron chi connectivity index (χ0n) is 12.4. The quantitative estimate of drug-likeness (QED) is 0.812. The molecule has 22 heavy (non-hydrogen) atoms. The maximum atomic E-state index is 12.2. The molecule has 0 unspecified atom stereocenters. The Labute approximate surface area is 131 Å². The van der Waals surface area contributed by atoms with Crippen molar-refractivity contribution >= 4 is 23.4 Å². The number of aromatic nitrogens is 3. The topological polar surface area (TPSA) is 97.0 Å². The summed E-state index contributed by atoms with van der Waals surface area (Å²) in [5.74, 6) is 0.356. The number of H-pyrrole nitrogens is 1. The highest BCUT2D eigenvalue weighted by Gasteiger charge is 2.17. The van der Waals surface area contributed by atoms with Crippen LogP contribution in [0.5, 0.6) is 5.75 Å². The van der Waals surface area contributed by atoms with Crippen LogP contribution >= 0.6 is 11.8 Å². The van der Waals surface area contributed by atoms with Crippen LogP contribution in [-0.4, -0.2) is 33.4 Å². The van der Waals surface area contributed by atoms with Crippen molar-refractivity contribution in [1.82, 2.24) is 15.2 Å². The summed E-state index contributed by atoms with van der Waals surface area (Å²) in [5.41, 5.74) is 0.566. The molecule has 0 fully saturated rings. The van der Waals surface area contributed by atoms with Gasteiger partial charge in [-0.25, -0.2) is 0 Å². The van der Waals surface area contributed by atoms with E-state index >= 15 is 0 Å². The number of para-hydroxylation sites is 2. The highest BCUT2D eigenvalue weighted by atomic mass is 32.2. The van der Waals surface area contributed by atoms with E-state index in [0.717, 1.165) is 11.8 Å². The molecule has 0 aliphatic heterocycles. The minimum absolute atomic E-state index is 0.224. The second-order valence-corrected chi connectivity index (χ2v) is 5.82. The molecular formula is C14H16N4O3S. The van der Waals surface area contributed by atoms with Gasteiger partial charge in [0.2, 0.25) is 5.91 Å². The number of nitrogens with one attached hydrogen (secondary N) is 2. The zero-order valence-corrected chi connectivity index (χ0v) is 13.2. The van der Waals surface area contributed by atoms with E-state index < -0.39 is 5.25 Å².